The molecule has 1 saturated heterocycles. The Balaban J connectivity index is 1.67. The highest BCUT2D eigenvalue weighted by Crippen LogP contribution is 2.35. The zero-order chi connectivity index (χ0) is 13.2. The molecule has 19 heavy (non-hydrogen) atoms. The van der Waals surface area contributed by atoms with Gasteiger partial charge in [0.05, 0.1) is 0 Å². The fraction of sp³-hybridized carbons (Fsp3) is 0.714. The molecule has 0 unspecified atom stereocenters. The summed E-state index contributed by atoms with van der Waals surface area (Å²) in [6, 6.07) is 2.20. The van der Waals surface area contributed by atoms with Gasteiger partial charge in [-0.15, -0.1) is 0 Å². The van der Waals surface area contributed by atoms with Crippen LogP contribution in [0.25, 0.3) is 0 Å². The average molecular weight is 262 g/mol. The molecule has 1 amide bonds. The van der Waals surface area contributed by atoms with Crippen LogP contribution in [0.4, 0.5) is 5.82 Å². The van der Waals surface area contributed by atoms with E-state index >= 15 is 0 Å². The van der Waals surface area contributed by atoms with Gasteiger partial charge in [-0.1, -0.05) is 12.8 Å². The third kappa shape index (κ3) is 2.60. The fourth-order valence-electron chi connectivity index (χ4n) is 3.63. The first kappa shape index (κ1) is 12.5. The van der Waals surface area contributed by atoms with Crippen LogP contribution in [-0.4, -0.2) is 33.2 Å². The van der Waals surface area contributed by atoms with E-state index in [1.807, 2.05) is 0 Å². The van der Waals surface area contributed by atoms with E-state index in [4.69, 9.17) is 5.73 Å². The van der Waals surface area contributed by atoms with Gasteiger partial charge in [0, 0.05) is 18.8 Å². The molecule has 2 atom stereocenters. The van der Waals surface area contributed by atoms with Crippen molar-refractivity contribution in [1.29, 1.82) is 0 Å². The highest BCUT2D eigenvalue weighted by molar-refractivity contribution is 5.76. The number of likely N-dealkylation sites (tertiary alicyclic amines) is 1. The Morgan fingerprint density at radius 1 is 1.32 bits per heavy atom. The molecule has 1 aliphatic carbocycles. The Labute approximate surface area is 113 Å². The van der Waals surface area contributed by atoms with E-state index in [0.29, 0.717) is 18.4 Å². The highest BCUT2D eigenvalue weighted by atomic mass is 16.2. The number of nitrogens with two attached hydrogens (primary N) is 1. The Morgan fingerprint density at radius 3 is 2.89 bits per heavy atom. The summed E-state index contributed by atoms with van der Waals surface area (Å²) in [6.45, 7) is 1.23. The van der Waals surface area contributed by atoms with E-state index in [2.05, 4.69) is 10.00 Å². The first-order valence-corrected chi connectivity index (χ1v) is 7.32. The van der Waals surface area contributed by atoms with Gasteiger partial charge in [-0.05, 0) is 37.7 Å². The van der Waals surface area contributed by atoms with E-state index in [1.54, 1.807) is 16.9 Å². The van der Waals surface area contributed by atoms with Crippen molar-refractivity contribution in [1.82, 2.24) is 14.7 Å². The lowest BCUT2D eigenvalue weighted by Gasteiger charge is -2.44. The van der Waals surface area contributed by atoms with Crippen LogP contribution in [0.1, 0.15) is 38.5 Å². The summed E-state index contributed by atoms with van der Waals surface area (Å²) in [7, 11) is 0. The summed E-state index contributed by atoms with van der Waals surface area (Å²) in [4.78, 5) is 14.6. The molecule has 3 rings (SSSR count). The van der Waals surface area contributed by atoms with Crippen LogP contribution < -0.4 is 5.73 Å². The van der Waals surface area contributed by atoms with E-state index in [9.17, 15) is 4.79 Å². The molecular weight excluding hydrogens is 240 g/mol. The molecule has 1 aliphatic heterocycles. The summed E-state index contributed by atoms with van der Waals surface area (Å²) in [6.07, 6.45) is 9.28. The standard InChI is InChI=1S/C14H22N4O/c15-13-7-9-17(16-13)10-14(19)18-8-3-5-11-4-1-2-6-12(11)18/h7,9,11-12H,1-6,8,10H2,(H2,15,16)/t11-,12-/m1/s1. The molecule has 0 radical (unpaired) electrons. The van der Waals surface area contributed by atoms with Crippen LogP contribution >= 0.6 is 0 Å². The zero-order valence-electron chi connectivity index (χ0n) is 11.3. The number of carbonyl (C=O) groups excluding carboxylic acids is 1. The maximum Gasteiger partial charge on any atom is 0.244 e. The molecular formula is C14H22N4O. The maximum absolute atomic E-state index is 12.5. The Morgan fingerprint density at radius 2 is 2.11 bits per heavy atom. The Kier molecular flexibility index (Phi) is 3.44. The Bertz CT molecular complexity index is 454. The van der Waals surface area contributed by atoms with Gasteiger partial charge in [-0.2, -0.15) is 5.10 Å². The number of piperidine rings is 1. The summed E-state index contributed by atoms with van der Waals surface area (Å²) in [5, 5.41) is 4.10. The van der Waals surface area contributed by atoms with Gasteiger partial charge in [0.1, 0.15) is 12.4 Å². The third-order valence-electron chi connectivity index (χ3n) is 4.52. The monoisotopic (exact) mass is 262 g/mol. The number of fused-ring (bicyclic) bond motifs is 1. The molecule has 0 bridgehead atoms. The molecule has 2 aliphatic rings. The van der Waals surface area contributed by atoms with Crippen LogP contribution in [0.2, 0.25) is 0 Å². The van der Waals surface area contributed by atoms with Crippen molar-refractivity contribution in [3.63, 3.8) is 0 Å². The average Bonchev–Trinajstić information content (AvgIpc) is 2.83. The van der Waals surface area contributed by atoms with Gasteiger partial charge >= 0.3 is 0 Å². The van der Waals surface area contributed by atoms with Gasteiger partial charge in [-0.3, -0.25) is 9.48 Å². The number of amides is 1. The van der Waals surface area contributed by atoms with Gasteiger partial charge in [0.25, 0.3) is 0 Å². The summed E-state index contributed by atoms with van der Waals surface area (Å²) >= 11 is 0. The van der Waals surface area contributed by atoms with Gasteiger partial charge < -0.3 is 10.6 Å². The molecule has 2 heterocycles. The number of nitrogen functional groups attached to an aromatic ring is 1. The smallest absolute Gasteiger partial charge is 0.244 e. The first-order chi connectivity index (χ1) is 9.24. The first-order valence-electron chi connectivity index (χ1n) is 7.32. The molecule has 5 nitrogen and oxygen atoms in total. The van der Waals surface area contributed by atoms with E-state index < -0.39 is 0 Å². The lowest BCUT2D eigenvalue weighted by molar-refractivity contribution is -0.138. The van der Waals surface area contributed by atoms with Gasteiger partial charge in [0.15, 0.2) is 0 Å². The number of nitrogens with zero attached hydrogens (tertiary/aromatic N) is 3. The van der Waals surface area contributed by atoms with Crippen molar-refractivity contribution in [3.05, 3.63) is 12.3 Å². The molecule has 1 aromatic heterocycles. The predicted octanol–water partition coefficient (Wildman–Crippen LogP) is 1.65. The SMILES string of the molecule is Nc1ccn(CC(=O)N2CCC[C@H]3CCCC[C@H]32)n1. The maximum atomic E-state index is 12.5. The van der Waals surface area contributed by atoms with Crippen LogP contribution in [0.15, 0.2) is 12.3 Å². The van der Waals surface area contributed by atoms with Crippen molar-refractivity contribution >= 4 is 11.7 Å². The normalized spacial score (nSPS) is 27.1. The molecule has 104 valence electrons. The summed E-state index contributed by atoms with van der Waals surface area (Å²) < 4.78 is 1.64. The Hall–Kier alpha value is -1.52. The number of anilines is 1. The van der Waals surface area contributed by atoms with Gasteiger partial charge in [0.2, 0.25) is 5.91 Å². The quantitative estimate of drug-likeness (QED) is 0.881. The number of carbonyl (C=O) groups is 1. The molecule has 5 heteroatoms. The van der Waals surface area contributed by atoms with Crippen molar-refractivity contribution in [2.45, 2.75) is 51.1 Å². The lowest BCUT2D eigenvalue weighted by atomic mass is 9.78. The minimum Gasteiger partial charge on any atom is -0.382 e. The van der Waals surface area contributed by atoms with E-state index in [1.165, 1.54) is 32.1 Å². The number of hydrogen-bond acceptors (Lipinski definition) is 3. The lowest BCUT2D eigenvalue weighted by Crippen LogP contribution is -2.50. The topological polar surface area (TPSA) is 64.2 Å². The predicted molar refractivity (Wildman–Crippen MR) is 73.3 cm³/mol. The largest absolute Gasteiger partial charge is 0.382 e. The molecule has 0 spiro atoms. The molecule has 1 aromatic rings. The second kappa shape index (κ2) is 5.23. The summed E-state index contributed by atoms with van der Waals surface area (Å²) in [5.41, 5.74) is 5.58. The number of aromatic nitrogens is 2. The minimum atomic E-state index is 0.194. The fourth-order valence-corrected chi connectivity index (χ4v) is 3.63. The van der Waals surface area contributed by atoms with Crippen LogP contribution in [-0.2, 0) is 11.3 Å². The van der Waals surface area contributed by atoms with Crippen LogP contribution in [0, 0.1) is 5.92 Å². The highest BCUT2D eigenvalue weighted by Gasteiger charge is 2.35. The van der Waals surface area contributed by atoms with Gasteiger partial charge in [-0.25, -0.2) is 0 Å². The van der Waals surface area contributed by atoms with Crippen molar-refractivity contribution in [2.24, 2.45) is 5.92 Å². The molecule has 2 fully saturated rings. The number of hydrogen-bond donors (Lipinski definition) is 1. The summed E-state index contributed by atoms with van der Waals surface area (Å²) in [5.74, 6) is 1.40. The zero-order valence-corrected chi connectivity index (χ0v) is 11.3. The second-order valence-corrected chi connectivity index (χ2v) is 5.78. The van der Waals surface area contributed by atoms with Crippen LogP contribution in [0.3, 0.4) is 0 Å². The van der Waals surface area contributed by atoms with E-state index in [0.717, 1.165) is 18.9 Å². The van der Waals surface area contributed by atoms with E-state index in [-0.39, 0.29) is 5.91 Å². The number of rotatable bonds is 2. The van der Waals surface area contributed by atoms with Crippen LogP contribution in [0.5, 0.6) is 0 Å². The second-order valence-electron chi connectivity index (χ2n) is 5.78. The minimum absolute atomic E-state index is 0.194. The van der Waals surface area contributed by atoms with Crippen molar-refractivity contribution in [3.8, 4) is 0 Å². The molecule has 1 saturated carbocycles. The van der Waals surface area contributed by atoms with Crippen molar-refractivity contribution < 1.29 is 4.79 Å². The molecule has 2 N–H and O–H groups in total. The van der Waals surface area contributed by atoms with Crippen molar-refractivity contribution in [2.75, 3.05) is 12.3 Å². The third-order valence-corrected chi connectivity index (χ3v) is 4.52. The molecule has 0 aromatic carbocycles.